The van der Waals surface area contributed by atoms with E-state index in [1.165, 1.54) is 89.2 Å². The minimum atomic E-state index is -0.840. The molecule has 200 valence electrons. The Morgan fingerprint density at radius 1 is 0.857 bits per heavy atom. The zero-order chi connectivity index (χ0) is 25.1. The third kappa shape index (κ3) is 13.4. The number of carbonyl (C=O) groups is 1. The fraction of sp³-hybridized carbons (Fsp3) is 0.767. The lowest BCUT2D eigenvalue weighted by Crippen LogP contribution is -2.48. The van der Waals surface area contributed by atoms with Gasteiger partial charge >= 0.3 is 0 Å². The van der Waals surface area contributed by atoms with Crippen LogP contribution in [0.2, 0.25) is 0 Å². The van der Waals surface area contributed by atoms with Crippen LogP contribution in [0.3, 0.4) is 0 Å². The Labute approximate surface area is 214 Å². The van der Waals surface area contributed by atoms with Gasteiger partial charge in [0, 0.05) is 13.0 Å². The van der Waals surface area contributed by atoms with Crippen LogP contribution < -0.4 is 5.32 Å². The van der Waals surface area contributed by atoms with Crippen molar-refractivity contribution in [1.29, 1.82) is 0 Å². The monoisotopic (exact) mass is 490 g/mol. The van der Waals surface area contributed by atoms with Gasteiger partial charge in [-0.1, -0.05) is 103 Å². The normalized spacial score (nSPS) is 16.2. The van der Waals surface area contributed by atoms with Crippen molar-refractivity contribution in [2.45, 2.75) is 128 Å². The molecule has 0 bridgehead atoms. The van der Waals surface area contributed by atoms with Gasteiger partial charge in [-0.2, -0.15) is 0 Å². The van der Waals surface area contributed by atoms with Gasteiger partial charge in [-0.3, -0.25) is 4.79 Å². The highest BCUT2D eigenvalue weighted by molar-refractivity contribution is 5.76. The van der Waals surface area contributed by atoms with Crippen molar-refractivity contribution >= 4 is 5.91 Å². The summed E-state index contributed by atoms with van der Waals surface area (Å²) in [6.07, 6.45) is 19.9. The van der Waals surface area contributed by atoms with Crippen LogP contribution in [-0.2, 0) is 4.79 Å². The number of aliphatic hydroxyl groups is 1. The predicted octanol–water partition coefficient (Wildman–Crippen LogP) is 7.31. The molecule has 0 aliphatic carbocycles. The zero-order valence-corrected chi connectivity index (χ0v) is 22.3. The maximum Gasteiger partial charge on any atom is 0.220 e. The molecule has 1 aliphatic heterocycles. The van der Waals surface area contributed by atoms with Crippen molar-refractivity contribution in [2.75, 3.05) is 19.6 Å². The van der Waals surface area contributed by atoms with Crippen molar-refractivity contribution in [2.24, 2.45) is 0 Å². The Morgan fingerprint density at radius 2 is 1.37 bits per heavy atom. The third-order valence-electron chi connectivity index (χ3n) is 7.35. The van der Waals surface area contributed by atoms with E-state index in [2.05, 4.69) is 17.1 Å². The summed E-state index contributed by atoms with van der Waals surface area (Å²) in [5.41, 5.74) is 0.648. The number of hydrogen-bond acceptors (Lipinski definition) is 3. The molecule has 2 atom stereocenters. The molecule has 5 heteroatoms. The van der Waals surface area contributed by atoms with Gasteiger partial charge in [-0.05, 0) is 50.0 Å². The summed E-state index contributed by atoms with van der Waals surface area (Å²) in [5.74, 6) is -0.309. The number of nitrogens with zero attached hydrogens (tertiary/aromatic N) is 1. The SMILES string of the molecule is CCCCCCCCCCCCCCCC(=O)N[C@H](CN1CCCCC1)[C@H](O)c1ccc(F)cc1. The second kappa shape index (κ2) is 18.8. The van der Waals surface area contributed by atoms with Gasteiger partial charge in [0.2, 0.25) is 5.91 Å². The maximum absolute atomic E-state index is 13.3. The Kier molecular flexibility index (Phi) is 16.0. The van der Waals surface area contributed by atoms with Gasteiger partial charge in [-0.25, -0.2) is 4.39 Å². The molecule has 1 aliphatic rings. The molecule has 1 aromatic carbocycles. The first kappa shape index (κ1) is 29.8. The average Bonchev–Trinajstić information content (AvgIpc) is 2.87. The van der Waals surface area contributed by atoms with Crippen molar-refractivity contribution < 1.29 is 14.3 Å². The Morgan fingerprint density at radius 3 is 1.91 bits per heavy atom. The van der Waals surface area contributed by atoms with Crippen LogP contribution in [0.15, 0.2) is 24.3 Å². The van der Waals surface area contributed by atoms with Crippen molar-refractivity contribution in [3.8, 4) is 0 Å². The second-order valence-corrected chi connectivity index (χ2v) is 10.5. The van der Waals surface area contributed by atoms with E-state index in [9.17, 15) is 14.3 Å². The molecule has 4 nitrogen and oxygen atoms in total. The molecule has 0 aromatic heterocycles. The summed E-state index contributed by atoms with van der Waals surface area (Å²) < 4.78 is 13.3. The van der Waals surface area contributed by atoms with E-state index in [0.717, 1.165) is 38.8 Å². The number of carbonyl (C=O) groups excluding carboxylic acids is 1. The number of amides is 1. The van der Waals surface area contributed by atoms with Gasteiger partial charge in [0.25, 0.3) is 0 Å². The summed E-state index contributed by atoms with van der Waals surface area (Å²) in [4.78, 5) is 15.0. The van der Waals surface area contributed by atoms with Crippen LogP contribution in [0, 0.1) is 5.82 Å². The minimum Gasteiger partial charge on any atom is -0.386 e. The van der Waals surface area contributed by atoms with E-state index in [-0.39, 0.29) is 17.8 Å². The fourth-order valence-corrected chi connectivity index (χ4v) is 5.12. The molecule has 0 unspecified atom stereocenters. The van der Waals surface area contributed by atoms with Crippen LogP contribution in [0.4, 0.5) is 4.39 Å². The highest BCUT2D eigenvalue weighted by atomic mass is 19.1. The molecule has 1 aromatic rings. The zero-order valence-electron chi connectivity index (χ0n) is 22.3. The lowest BCUT2D eigenvalue weighted by Gasteiger charge is -2.33. The van der Waals surface area contributed by atoms with E-state index in [4.69, 9.17) is 0 Å². The highest BCUT2D eigenvalue weighted by Gasteiger charge is 2.26. The number of unbranched alkanes of at least 4 members (excludes halogenated alkanes) is 12. The largest absolute Gasteiger partial charge is 0.386 e. The van der Waals surface area contributed by atoms with E-state index < -0.39 is 6.10 Å². The lowest BCUT2D eigenvalue weighted by atomic mass is 10.00. The molecule has 2 rings (SSSR count). The molecule has 0 saturated carbocycles. The van der Waals surface area contributed by atoms with Crippen molar-refractivity contribution in [3.05, 3.63) is 35.6 Å². The molecule has 35 heavy (non-hydrogen) atoms. The summed E-state index contributed by atoms with van der Waals surface area (Å²) >= 11 is 0. The standard InChI is InChI=1S/C30H51FN2O2/c1-2-3-4-5-6-7-8-9-10-11-12-13-15-18-29(34)32-28(25-33-23-16-14-17-24-33)30(35)26-19-21-27(31)22-20-26/h19-22,28,30,35H,2-18,23-25H2,1H3,(H,32,34)/t28-,30-/m1/s1. The maximum atomic E-state index is 13.3. The van der Waals surface area contributed by atoms with Gasteiger partial charge < -0.3 is 15.3 Å². The van der Waals surface area contributed by atoms with Crippen LogP contribution in [0.5, 0.6) is 0 Å². The molecule has 0 radical (unpaired) electrons. The Balaban J connectivity index is 1.62. The molecule has 0 spiro atoms. The van der Waals surface area contributed by atoms with E-state index in [1.54, 1.807) is 12.1 Å². The number of rotatable bonds is 19. The predicted molar refractivity (Wildman–Crippen MR) is 144 cm³/mol. The summed E-state index contributed by atoms with van der Waals surface area (Å²) in [6.45, 7) is 4.89. The molecule has 1 amide bonds. The molecule has 1 fully saturated rings. The molecular formula is C30H51FN2O2. The number of hydrogen-bond donors (Lipinski definition) is 2. The van der Waals surface area contributed by atoms with Crippen LogP contribution in [-0.4, -0.2) is 41.6 Å². The summed E-state index contributed by atoms with van der Waals surface area (Å²) in [5, 5.41) is 14.1. The molecule has 1 saturated heterocycles. The van der Waals surface area contributed by atoms with Gasteiger partial charge in [0.05, 0.1) is 6.04 Å². The van der Waals surface area contributed by atoms with Crippen molar-refractivity contribution in [1.82, 2.24) is 10.2 Å². The first-order valence-electron chi connectivity index (χ1n) is 14.6. The first-order valence-corrected chi connectivity index (χ1v) is 14.6. The average molecular weight is 491 g/mol. The smallest absolute Gasteiger partial charge is 0.220 e. The topological polar surface area (TPSA) is 52.6 Å². The summed E-state index contributed by atoms with van der Waals surface area (Å²) in [7, 11) is 0. The molecule has 2 N–H and O–H groups in total. The van der Waals surface area contributed by atoms with Gasteiger partial charge in [0.15, 0.2) is 0 Å². The Bertz CT molecular complexity index is 661. The van der Waals surface area contributed by atoms with E-state index in [1.807, 2.05) is 0 Å². The molecular weight excluding hydrogens is 439 g/mol. The lowest BCUT2D eigenvalue weighted by molar-refractivity contribution is -0.123. The first-order chi connectivity index (χ1) is 17.1. The fourth-order valence-electron chi connectivity index (χ4n) is 5.12. The van der Waals surface area contributed by atoms with Crippen LogP contribution in [0.1, 0.15) is 128 Å². The highest BCUT2D eigenvalue weighted by Crippen LogP contribution is 2.20. The minimum absolute atomic E-state index is 0.0104. The van der Waals surface area contributed by atoms with Crippen molar-refractivity contribution in [3.63, 3.8) is 0 Å². The number of likely N-dealkylation sites (tertiary alicyclic amines) is 1. The quantitative estimate of drug-likeness (QED) is 0.200. The third-order valence-corrected chi connectivity index (χ3v) is 7.35. The van der Waals surface area contributed by atoms with Crippen LogP contribution in [0.25, 0.3) is 0 Å². The van der Waals surface area contributed by atoms with Gasteiger partial charge in [0.1, 0.15) is 11.9 Å². The van der Waals surface area contributed by atoms with E-state index >= 15 is 0 Å². The Hall–Kier alpha value is -1.46. The summed E-state index contributed by atoms with van der Waals surface area (Å²) in [6, 6.07) is 5.58. The van der Waals surface area contributed by atoms with Gasteiger partial charge in [-0.15, -0.1) is 0 Å². The molecule has 1 heterocycles. The van der Waals surface area contributed by atoms with Crippen LogP contribution >= 0.6 is 0 Å². The van der Waals surface area contributed by atoms with E-state index in [0.29, 0.717) is 18.5 Å². The number of benzene rings is 1. The number of nitrogens with one attached hydrogen (secondary N) is 1. The number of halogens is 1. The number of aliphatic hydroxyl groups excluding tert-OH is 1. The second-order valence-electron chi connectivity index (χ2n) is 10.5. The number of piperidine rings is 1.